The number of aliphatic hydroxyl groups excluding tert-OH is 3. The largest absolute Gasteiger partial charge is 0.394 e. The molecule has 14 amide bonds. The molecule has 2 saturated heterocycles. The Morgan fingerprint density at radius 1 is 0.627 bits per heavy atom. The Morgan fingerprint density at radius 2 is 1.21 bits per heavy atom. The van der Waals surface area contributed by atoms with E-state index in [1.54, 1.807) is 49.5 Å². The summed E-state index contributed by atoms with van der Waals surface area (Å²) in [5.74, 6) is -12.7. The third kappa shape index (κ3) is 37.3. The summed E-state index contributed by atoms with van der Waals surface area (Å²) in [5.41, 5.74) is 24.6. The Hall–Kier alpha value is -11.6. The number of tetrazole rings is 1. The van der Waals surface area contributed by atoms with Gasteiger partial charge in [-0.25, -0.2) is 0 Å². The fourth-order valence-corrected chi connectivity index (χ4v) is 14.9. The second-order valence-electron chi connectivity index (χ2n) is 32.4. The molecule has 0 spiro atoms. The van der Waals surface area contributed by atoms with Gasteiger partial charge in [0.2, 0.25) is 82.7 Å². The first kappa shape index (κ1) is 103. The lowest BCUT2D eigenvalue weighted by Crippen LogP contribution is -2.62. The van der Waals surface area contributed by atoms with Gasteiger partial charge in [-0.3, -0.25) is 76.9 Å². The summed E-state index contributed by atoms with van der Waals surface area (Å²) in [5, 5.41) is 78.2. The number of nitrogens with one attached hydrogen (secondary N) is 14. The first-order valence-corrected chi connectivity index (χ1v) is 44.2. The minimum Gasteiger partial charge on any atom is -0.394 e. The number of para-hydroxylation sites is 1. The van der Waals surface area contributed by atoms with Crippen molar-refractivity contribution in [2.45, 2.75) is 305 Å². The van der Waals surface area contributed by atoms with Gasteiger partial charge >= 0.3 is 0 Å². The van der Waals surface area contributed by atoms with Crippen LogP contribution < -0.4 is 86.7 Å². The number of guanidine groups is 1. The molecule has 0 aliphatic carbocycles. The molecule has 2 aliphatic rings. The number of ketones is 1. The van der Waals surface area contributed by atoms with Crippen LogP contribution in [0.5, 0.6) is 0 Å². The maximum atomic E-state index is 15.2. The van der Waals surface area contributed by atoms with Crippen molar-refractivity contribution in [1.82, 2.24) is 94.3 Å². The van der Waals surface area contributed by atoms with Crippen LogP contribution in [0.25, 0.3) is 10.9 Å². The molecule has 13 atom stereocenters. The van der Waals surface area contributed by atoms with Crippen molar-refractivity contribution in [3.63, 3.8) is 0 Å². The van der Waals surface area contributed by atoms with E-state index in [-0.39, 0.29) is 83.3 Å². The number of aromatic nitrogens is 5. The minimum absolute atomic E-state index is 0.00475. The number of hydrogen-bond donors (Lipinski definition) is 21. The number of fused-ring (bicyclic) bond motifs is 2. The molecule has 126 heavy (non-hydrogen) atoms. The molecule has 2 aliphatic heterocycles. The number of aryl methyl sites for hydroxylation is 1. The number of nitrogens with zero attached hydrogens (tertiary/aromatic N) is 5. The highest BCUT2D eigenvalue weighted by Gasteiger charge is 2.44. The summed E-state index contributed by atoms with van der Waals surface area (Å²) < 4.78 is 0. The lowest BCUT2D eigenvalue weighted by atomic mass is 10.0. The van der Waals surface area contributed by atoms with Gasteiger partial charge in [0.15, 0.2) is 17.6 Å². The Balaban J connectivity index is 1.10. The first-order chi connectivity index (χ1) is 60.5. The van der Waals surface area contributed by atoms with Crippen molar-refractivity contribution >= 4 is 105 Å². The van der Waals surface area contributed by atoms with Gasteiger partial charge in [-0.05, 0) is 95.2 Å². The van der Waals surface area contributed by atoms with Crippen molar-refractivity contribution in [2.75, 3.05) is 39.3 Å². The lowest BCUT2D eigenvalue weighted by Gasteiger charge is -2.31. The van der Waals surface area contributed by atoms with Gasteiger partial charge < -0.3 is 112 Å². The van der Waals surface area contributed by atoms with Gasteiger partial charge in [0.1, 0.15) is 60.4 Å². The van der Waals surface area contributed by atoms with Gasteiger partial charge in [0.25, 0.3) is 0 Å². The van der Waals surface area contributed by atoms with Crippen LogP contribution in [0.3, 0.4) is 0 Å². The average Bonchev–Trinajstić information content (AvgIpc) is 1.67. The van der Waals surface area contributed by atoms with Crippen LogP contribution in [0.15, 0.2) is 65.8 Å². The zero-order valence-electron chi connectivity index (χ0n) is 72.7. The van der Waals surface area contributed by atoms with E-state index in [2.05, 4.69) is 94.4 Å². The SMILES string of the molecule is CCCC[C@H](NC(=O)[C@H](CO)NC(=O)[C@H](CN)NC(=O)[C@H](CCC(N)=O)NC(=O)[C@@H](NC(=O)CNC(=O)CCCCCCCCCCCCCCCCCc1nn[nH]n1)[C@@H](C)O)C(=O)N[C@H]1CCC(=O)NCCCC[C@@H](C(C)=O)NC(=O)[C@H](Cc2c[nH]c3ccccc23)NC(=O)[C@H](CCCN=C(N)N)NC(=O)[C@@H](Cc2ccccc2)NC(=O)[C@@H]2C[C@@H](O)CN2C1=O. The number of aliphatic imine (C=N–C) groups is 1. The molecule has 41 heteroatoms. The van der Waals surface area contributed by atoms with Crippen LogP contribution in [0.4, 0.5) is 0 Å². The Kier molecular flexibility index (Phi) is 46.2. The van der Waals surface area contributed by atoms with Crippen molar-refractivity contribution in [3.05, 3.63) is 77.7 Å². The molecule has 25 N–H and O–H groups in total. The third-order valence-electron chi connectivity index (χ3n) is 22.1. The molecule has 2 aromatic carbocycles. The smallest absolute Gasteiger partial charge is 0.245 e. The highest BCUT2D eigenvalue weighted by Crippen LogP contribution is 2.24. The number of carbonyl (C=O) groups is 15. The number of amides is 14. The summed E-state index contributed by atoms with van der Waals surface area (Å²) in [7, 11) is 0. The van der Waals surface area contributed by atoms with Crippen LogP contribution in [0, 0.1) is 0 Å². The molecule has 2 aromatic heterocycles. The monoisotopic (exact) mass is 1760 g/mol. The van der Waals surface area contributed by atoms with Gasteiger partial charge in [-0.1, -0.05) is 157 Å². The number of carbonyl (C=O) groups excluding carboxylic acids is 15. The lowest BCUT2D eigenvalue weighted by molar-refractivity contribution is -0.143. The van der Waals surface area contributed by atoms with E-state index < -0.39 is 225 Å². The van der Waals surface area contributed by atoms with Gasteiger partial charge in [0, 0.05) is 88.2 Å². The Labute approximate surface area is 733 Å². The van der Waals surface area contributed by atoms with Crippen molar-refractivity contribution in [3.8, 4) is 0 Å². The summed E-state index contributed by atoms with van der Waals surface area (Å²) >= 11 is 0. The predicted octanol–water partition coefficient (Wildman–Crippen LogP) is -1.61. The van der Waals surface area contributed by atoms with Crippen LogP contribution in [0.1, 0.15) is 224 Å². The molecule has 0 unspecified atom stereocenters. The highest BCUT2D eigenvalue weighted by atomic mass is 16.3. The predicted molar refractivity (Wildman–Crippen MR) is 465 cm³/mol. The number of unbranched alkanes of at least 4 members (excludes halogenated alkanes) is 15. The number of primary amides is 1. The molecule has 0 radical (unpaired) electrons. The van der Waals surface area contributed by atoms with E-state index in [1.165, 1.54) is 58.8 Å². The third-order valence-corrected chi connectivity index (χ3v) is 22.1. The minimum atomic E-state index is -1.89. The van der Waals surface area contributed by atoms with Crippen LogP contribution >= 0.6 is 0 Å². The van der Waals surface area contributed by atoms with E-state index >= 15 is 4.79 Å². The average molecular weight is 1770 g/mol. The van der Waals surface area contributed by atoms with Crippen LogP contribution in [-0.2, 0) is 91.2 Å². The van der Waals surface area contributed by atoms with E-state index in [1.807, 2.05) is 18.2 Å². The van der Waals surface area contributed by atoms with E-state index in [0.717, 1.165) is 73.0 Å². The topological polar surface area (TPSA) is 651 Å². The molecule has 6 rings (SSSR count). The van der Waals surface area contributed by atoms with E-state index in [9.17, 15) is 82.4 Å². The fraction of sp³-hybridized carbons (Fsp3) is 0.635. The van der Waals surface area contributed by atoms with Crippen molar-refractivity contribution in [1.29, 1.82) is 0 Å². The summed E-state index contributed by atoms with van der Waals surface area (Å²) in [6, 6.07) is -1.50. The maximum Gasteiger partial charge on any atom is 0.245 e. The molecule has 41 nitrogen and oxygen atoms in total. The number of H-pyrrole nitrogens is 2. The number of aromatic amines is 2. The van der Waals surface area contributed by atoms with Gasteiger partial charge in [-0.2, -0.15) is 5.21 Å². The number of benzene rings is 2. The van der Waals surface area contributed by atoms with Gasteiger partial charge in [0.05, 0.1) is 31.4 Å². The number of aliphatic hydroxyl groups is 3. The Morgan fingerprint density at radius 3 is 1.85 bits per heavy atom. The molecule has 4 heterocycles. The molecule has 696 valence electrons. The zero-order valence-corrected chi connectivity index (χ0v) is 72.7. The van der Waals surface area contributed by atoms with E-state index in [0.29, 0.717) is 24.0 Å². The number of nitrogens with two attached hydrogens (primary N) is 4. The molecule has 0 bridgehead atoms. The van der Waals surface area contributed by atoms with Gasteiger partial charge in [-0.15, -0.1) is 10.2 Å². The molecular weight excluding hydrogens is 1630 g/mol. The van der Waals surface area contributed by atoms with Crippen LogP contribution in [0.2, 0.25) is 0 Å². The standard InChI is InChI=1S/C85H133N23O18/c1-4-5-32-60(96-81(123)67(51-109)102-80(122)66(47-86)101-77(119)62(38-40-69(87)113)97-83(125)74(53(3)111)103-73(116)49-93-71(114)37-23-18-16-14-12-10-8-6-7-9-11-13-15-17-22-36-70-104-106-107-105-70)75(117)98-63-39-41-72(115)90-42-27-26-33-58(52(2)110)94-79(121)65(45-55-48-92-59-34-25-24-31-57(55)59)99-76(118)61(35-28-43-91-85(88)89)95-78(120)64(44-54-29-20-19-21-30-54)100-82(124)68-46-56(112)50-108(68)84(63)126/h19-21,24-25,29-31,34,48,53,56,58,60-68,74,92,109,111-112H,4-18,22-23,26-28,32-33,35-47,49-51,86H2,1-3H3,(H2,87,113)(H,90,115)(H,93,114)(H,94,121)(H,95,120)(H,96,123)(H,97,125)(H,98,117)(H,99,118)(H,100,124)(H,101,119)(H,102,122)(H,103,116)(H4,88,89,91)(H,104,105,106,107)/t53-,56-,58+,60+,61+,62+,63+,64-,65+,66+,67+,68+,74+/m1/s1. The molecule has 4 aromatic rings. The summed E-state index contributed by atoms with van der Waals surface area (Å²) in [6.07, 6.45) is 14.7. The summed E-state index contributed by atoms with van der Waals surface area (Å²) in [6.45, 7) is 1.38. The fourth-order valence-electron chi connectivity index (χ4n) is 14.9. The Bertz CT molecular complexity index is 4190. The quantitative estimate of drug-likeness (QED) is 0.0134. The highest BCUT2D eigenvalue weighted by molar-refractivity contribution is 6.01. The van der Waals surface area contributed by atoms with Crippen LogP contribution in [-0.4, -0.2) is 258 Å². The second kappa shape index (κ2) is 56.4. The first-order valence-electron chi connectivity index (χ1n) is 44.2. The normalized spacial score (nSPS) is 19.6. The number of Topliss-reactive ketones (excluding diaryl/α,β-unsaturated/α-hetero) is 1. The molecule has 0 saturated carbocycles. The maximum absolute atomic E-state index is 15.2. The molecular formula is C85H133N23O18. The zero-order chi connectivity index (χ0) is 91.9. The number of hydrogen-bond acceptors (Lipinski definition) is 23. The summed E-state index contributed by atoms with van der Waals surface area (Å²) in [4.78, 5) is 219. The second-order valence-corrected chi connectivity index (χ2v) is 32.4. The van der Waals surface area contributed by atoms with Crippen molar-refractivity contribution in [2.24, 2.45) is 27.9 Å². The van der Waals surface area contributed by atoms with E-state index in [4.69, 9.17) is 22.9 Å². The molecule has 2 fully saturated rings. The number of rotatable bonds is 49. The van der Waals surface area contributed by atoms with Crippen molar-refractivity contribution < 1.29 is 87.2 Å².